The Bertz CT molecular complexity index is 1470. The maximum Gasteiger partial charge on any atom is 0.244 e. The molecule has 2 amide bonds. The first-order chi connectivity index (χ1) is 19.3. The lowest BCUT2D eigenvalue weighted by Gasteiger charge is -2.34. The minimum absolute atomic E-state index is 0.0246. The van der Waals surface area contributed by atoms with E-state index in [0.717, 1.165) is 16.1 Å². The second kappa shape index (κ2) is 14.6. The molecule has 41 heavy (non-hydrogen) atoms. The number of benzene rings is 3. The Balaban J connectivity index is 2.13. The van der Waals surface area contributed by atoms with Crippen LogP contribution in [-0.4, -0.2) is 50.0 Å². The van der Waals surface area contributed by atoms with E-state index in [-0.39, 0.29) is 34.7 Å². The van der Waals surface area contributed by atoms with Crippen LogP contribution in [0.25, 0.3) is 0 Å². The van der Waals surface area contributed by atoms with Crippen molar-refractivity contribution >= 4 is 73.9 Å². The molecule has 0 bridgehead atoms. The van der Waals surface area contributed by atoms with Gasteiger partial charge in [0.05, 0.1) is 22.0 Å². The van der Waals surface area contributed by atoms with Gasteiger partial charge in [0.1, 0.15) is 12.6 Å². The summed E-state index contributed by atoms with van der Waals surface area (Å²) < 4.78 is 26.7. The molecule has 0 aliphatic rings. The molecule has 0 spiro atoms. The van der Waals surface area contributed by atoms with Crippen LogP contribution in [-0.2, 0) is 32.6 Å². The second-order valence-electron chi connectivity index (χ2n) is 9.59. The normalized spacial score (nSPS) is 12.9. The van der Waals surface area contributed by atoms with E-state index in [1.165, 1.54) is 23.1 Å². The predicted molar refractivity (Wildman–Crippen MR) is 167 cm³/mol. The van der Waals surface area contributed by atoms with Gasteiger partial charge in [0.2, 0.25) is 21.8 Å². The second-order valence-corrected chi connectivity index (χ2v) is 13.1. The third kappa shape index (κ3) is 8.75. The van der Waals surface area contributed by atoms with Gasteiger partial charge in [-0.3, -0.25) is 13.9 Å². The van der Waals surface area contributed by atoms with Crippen molar-refractivity contribution in [3.8, 4) is 0 Å². The van der Waals surface area contributed by atoms with E-state index in [0.29, 0.717) is 22.0 Å². The van der Waals surface area contributed by atoms with Gasteiger partial charge >= 0.3 is 0 Å². The van der Waals surface area contributed by atoms with Crippen LogP contribution in [0.15, 0.2) is 66.7 Å². The van der Waals surface area contributed by atoms with Crippen molar-refractivity contribution < 1.29 is 18.0 Å². The molecule has 0 radical (unpaired) electrons. The third-order valence-corrected chi connectivity index (χ3v) is 9.18. The van der Waals surface area contributed by atoms with E-state index in [4.69, 9.17) is 46.4 Å². The number of nitrogens with zero attached hydrogens (tertiary/aromatic N) is 2. The number of hydrogen-bond acceptors (Lipinski definition) is 4. The van der Waals surface area contributed by atoms with Gasteiger partial charge in [-0.1, -0.05) is 95.8 Å². The van der Waals surface area contributed by atoms with Crippen LogP contribution in [0.1, 0.15) is 31.4 Å². The number of hydrogen-bond donors (Lipinski definition) is 1. The number of nitrogens with one attached hydrogen (secondary N) is 1. The number of anilines is 1. The smallest absolute Gasteiger partial charge is 0.244 e. The molecule has 0 aromatic heterocycles. The lowest BCUT2D eigenvalue weighted by Crippen LogP contribution is -2.54. The highest BCUT2D eigenvalue weighted by atomic mass is 35.5. The molecule has 0 unspecified atom stereocenters. The number of rotatable bonds is 12. The van der Waals surface area contributed by atoms with Gasteiger partial charge in [0.25, 0.3) is 0 Å². The van der Waals surface area contributed by atoms with E-state index < -0.39 is 34.4 Å². The Kier molecular flexibility index (Phi) is 11.8. The van der Waals surface area contributed by atoms with Crippen molar-refractivity contribution in [1.82, 2.24) is 10.2 Å². The maximum atomic E-state index is 14.2. The first kappa shape index (κ1) is 33.0. The summed E-state index contributed by atoms with van der Waals surface area (Å²) in [5.41, 5.74) is 1.26. The zero-order valence-electron chi connectivity index (χ0n) is 22.8. The van der Waals surface area contributed by atoms with E-state index in [1.807, 2.05) is 44.2 Å². The molecule has 0 aliphatic heterocycles. The molecule has 2 atom stereocenters. The van der Waals surface area contributed by atoms with Gasteiger partial charge in [-0.2, -0.15) is 0 Å². The van der Waals surface area contributed by atoms with Crippen molar-refractivity contribution in [1.29, 1.82) is 0 Å². The van der Waals surface area contributed by atoms with Crippen molar-refractivity contribution in [3.63, 3.8) is 0 Å². The van der Waals surface area contributed by atoms with Gasteiger partial charge in [-0.15, -0.1) is 0 Å². The molecule has 220 valence electrons. The summed E-state index contributed by atoms with van der Waals surface area (Å²) >= 11 is 25.5. The summed E-state index contributed by atoms with van der Waals surface area (Å²) in [5, 5.41) is 3.66. The van der Waals surface area contributed by atoms with E-state index in [2.05, 4.69) is 5.32 Å². The summed E-state index contributed by atoms with van der Waals surface area (Å²) in [4.78, 5) is 29.2. The summed E-state index contributed by atoms with van der Waals surface area (Å²) in [5.74, 6) is -1.06. The monoisotopic (exact) mass is 657 g/mol. The first-order valence-electron chi connectivity index (χ1n) is 12.8. The topological polar surface area (TPSA) is 86.8 Å². The van der Waals surface area contributed by atoms with Gasteiger partial charge < -0.3 is 10.2 Å². The molecule has 0 fully saturated rings. The minimum Gasteiger partial charge on any atom is -0.352 e. The zero-order chi connectivity index (χ0) is 30.3. The van der Waals surface area contributed by atoms with Crippen LogP contribution in [0.4, 0.5) is 5.69 Å². The molecule has 0 heterocycles. The zero-order valence-corrected chi connectivity index (χ0v) is 26.6. The fraction of sp³-hybridized carbons (Fsp3) is 0.310. The molecular formula is C29H31Cl4N3O4S. The highest BCUT2D eigenvalue weighted by molar-refractivity contribution is 7.92. The maximum absolute atomic E-state index is 14.2. The lowest BCUT2D eigenvalue weighted by atomic mass is 10.0. The van der Waals surface area contributed by atoms with Crippen molar-refractivity contribution in [2.24, 2.45) is 0 Å². The summed E-state index contributed by atoms with van der Waals surface area (Å²) in [6.07, 6.45) is 1.79. The number of amides is 2. The SMILES string of the molecule is CC[C@H](C)NC(=O)[C@@H](Cc1ccccc1)N(Cc1c(Cl)cccc1Cl)C(=O)CN(c1cccc(Cl)c1Cl)S(C)(=O)=O. The molecular weight excluding hydrogens is 628 g/mol. The van der Waals surface area contributed by atoms with Crippen LogP contribution < -0.4 is 9.62 Å². The average molecular weight is 659 g/mol. The fourth-order valence-electron chi connectivity index (χ4n) is 4.13. The van der Waals surface area contributed by atoms with Gasteiger partial charge in [-0.25, -0.2) is 8.42 Å². The van der Waals surface area contributed by atoms with E-state index in [1.54, 1.807) is 18.2 Å². The number of sulfonamides is 1. The molecule has 12 heteroatoms. The molecule has 0 aliphatic carbocycles. The van der Waals surface area contributed by atoms with Gasteiger partial charge in [0.15, 0.2) is 0 Å². The highest BCUT2D eigenvalue weighted by Gasteiger charge is 2.34. The molecule has 3 aromatic carbocycles. The Labute approximate surface area is 261 Å². The third-order valence-electron chi connectivity index (χ3n) is 6.54. The van der Waals surface area contributed by atoms with E-state index >= 15 is 0 Å². The molecule has 3 rings (SSSR count). The molecule has 0 saturated carbocycles. The highest BCUT2D eigenvalue weighted by Crippen LogP contribution is 2.34. The van der Waals surface area contributed by atoms with Crippen molar-refractivity contribution in [3.05, 3.63) is 97.9 Å². The van der Waals surface area contributed by atoms with Crippen LogP contribution in [0.5, 0.6) is 0 Å². The molecule has 3 aromatic rings. The minimum atomic E-state index is -4.01. The summed E-state index contributed by atoms with van der Waals surface area (Å²) in [6.45, 7) is 3.00. The Morgan fingerprint density at radius 2 is 1.46 bits per heavy atom. The van der Waals surface area contributed by atoms with Crippen molar-refractivity contribution in [2.45, 2.75) is 45.3 Å². The number of carbonyl (C=O) groups is 2. The van der Waals surface area contributed by atoms with Gasteiger partial charge in [-0.05, 0) is 43.2 Å². The fourth-order valence-corrected chi connectivity index (χ4v) is 5.95. The predicted octanol–water partition coefficient (Wildman–Crippen LogP) is 6.62. The molecule has 7 nitrogen and oxygen atoms in total. The molecule has 1 N–H and O–H groups in total. The van der Waals surface area contributed by atoms with Gasteiger partial charge in [0, 0.05) is 34.6 Å². The quantitative estimate of drug-likeness (QED) is 0.237. The standard InChI is InChI=1S/C29H31Cl4N3O4S/c1-4-19(2)34-29(38)26(16-20-10-6-5-7-11-20)35(17-21-22(30)12-8-13-23(21)31)27(37)18-36(41(3,39)40)25-15-9-14-24(32)28(25)33/h5-15,19,26H,4,16-18H2,1-3H3,(H,34,38)/t19-,26+/m0/s1. The van der Waals surface area contributed by atoms with Crippen LogP contribution in [0.2, 0.25) is 20.1 Å². The first-order valence-corrected chi connectivity index (χ1v) is 16.2. The number of carbonyl (C=O) groups excluding carboxylic acids is 2. The van der Waals surface area contributed by atoms with Crippen LogP contribution in [0.3, 0.4) is 0 Å². The molecule has 0 saturated heterocycles. The average Bonchev–Trinajstić information content (AvgIpc) is 2.92. The largest absolute Gasteiger partial charge is 0.352 e. The summed E-state index contributed by atoms with van der Waals surface area (Å²) in [6, 6.07) is 17.5. The number of halogens is 4. The Morgan fingerprint density at radius 3 is 2.05 bits per heavy atom. The Morgan fingerprint density at radius 1 is 0.878 bits per heavy atom. The Hall–Kier alpha value is -2.49. The lowest BCUT2D eigenvalue weighted by molar-refractivity contribution is -0.140. The van der Waals surface area contributed by atoms with Crippen LogP contribution >= 0.6 is 46.4 Å². The van der Waals surface area contributed by atoms with Crippen molar-refractivity contribution in [2.75, 3.05) is 17.1 Å². The van der Waals surface area contributed by atoms with Crippen LogP contribution in [0, 0.1) is 0 Å². The van der Waals surface area contributed by atoms with E-state index in [9.17, 15) is 18.0 Å². The summed E-state index contributed by atoms with van der Waals surface area (Å²) in [7, 11) is -4.01.